The second kappa shape index (κ2) is 5.17. The first-order valence-corrected chi connectivity index (χ1v) is 7.51. The Hall–Kier alpha value is -2.01. The Morgan fingerprint density at radius 2 is 2.35 bits per heavy atom. The lowest BCUT2D eigenvalue weighted by Gasteiger charge is -2.17. The molecule has 0 saturated heterocycles. The maximum Gasteiger partial charge on any atom is 0.228 e. The molecule has 1 aliphatic heterocycles. The number of carbonyl (C=O) groups excluding carboxylic acids is 1. The predicted octanol–water partition coefficient (Wildman–Crippen LogP) is 2.87. The van der Waals surface area contributed by atoms with Crippen molar-refractivity contribution in [3.63, 3.8) is 0 Å². The summed E-state index contributed by atoms with van der Waals surface area (Å²) in [5.74, 6) is 0.0307. The zero-order valence-electron chi connectivity index (χ0n) is 11.3. The summed E-state index contributed by atoms with van der Waals surface area (Å²) in [6.07, 6.45) is 1.38. The van der Waals surface area contributed by atoms with Gasteiger partial charge in [0, 0.05) is 23.0 Å². The highest BCUT2D eigenvalue weighted by Crippen LogP contribution is 2.32. The third-order valence-electron chi connectivity index (χ3n) is 3.39. The van der Waals surface area contributed by atoms with Crippen LogP contribution in [0.15, 0.2) is 29.6 Å². The molecule has 104 valence electrons. The van der Waals surface area contributed by atoms with Crippen LogP contribution in [-0.2, 0) is 17.6 Å². The SMILES string of the molecule is CC(Cc1cccs1)Nc1cc2c(cc1N)CC(=O)N2. The molecule has 1 aromatic carbocycles. The van der Waals surface area contributed by atoms with E-state index in [1.54, 1.807) is 11.3 Å². The number of carbonyl (C=O) groups is 1. The van der Waals surface area contributed by atoms with Gasteiger partial charge in [-0.1, -0.05) is 6.07 Å². The second-order valence-electron chi connectivity index (χ2n) is 5.15. The number of nitrogens with two attached hydrogens (primary N) is 1. The third-order valence-corrected chi connectivity index (χ3v) is 4.29. The van der Waals surface area contributed by atoms with Crippen LogP contribution in [0.1, 0.15) is 17.4 Å². The topological polar surface area (TPSA) is 67.1 Å². The first-order chi connectivity index (χ1) is 9.61. The number of anilines is 3. The fourth-order valence-corrected chi connectivity index (χ4v) is 3.30. The van der Waals surface area contributed by atoms with E-state index in [0.717, 1.165) is 23.4 Å². The summed E-state index contributed by atoms with van der Waals surface area (Å²) in [5.41, 5.74) is 9.49. The molecule has 2 heterocycles. The van der Waals surface area contributed by atoms with E-state index in [9.17, 15) is 4.79 Å². The van der Waals surface area contributed by atoms with Gasteiger partial charge in [0.25, 0.3) is 0 Å². The minimum Gasteiger partial charge on any atom is -0.397 e. The Kier molecular flexibility index (Phi) is 3.36. The van der Waals surface area contributed by atoms with E-state index in [1.807, 2.05) is 12.1 Å². The number of benzene rings is 1. The van der Waals surface area contributed by atoms with Gasteiger partial charge in [0.1, 0.15) is 0 Å². The number of amides is 1. The Bertz CT molecular complexity index is 637. The lowest BCUT2D eigenvalue weighted by atomic mass is 10.1. The van der Waals surface area contributed by atoms with Gasteiger partial charge < -0.3 is 16.4 Å². The van der Waals surface area contributed by atoms with E-state index in [1.165, 1.54) is 4.88 Å². The third kappa shape index (κ3) is 2.63. The summed E-state index contributed by atoms with van der Waals surface area (Å²) < 4.78 is 0. The van der Waals surface area contributed by atoms with Crippen molar-refractivity contribution in [1.82, 2.24) is 0 Å². The quantitative estimate of drug-likeness (QED) is 0.757. The highest BCUT2D eigenvalue weighted by molar-refractivity contribution is 7.09. The molecule has 1 aromatic heterocycles. The molecule has 0 bridgehead atoms. The normalized spacial score (nSPS) is 14.8. The highest BCUT2D eigenvalue weighted by atomic mass is 32.1. The van der Waals surface area contributed by atoms with Crippen molar-refractivity contribution in [2.75, 3.05) is 16.4 Å². The van der Waals surface area contributed by atoms with Gasteiger partial charge in [-0.2, -0.15) is 0 Å². The van der Waals surface area contributed by atoms with E-state index < -0.39 is 0 Å². The fraction of sp³-hybridized carbons (Fsp3) is 0.267. The summed E-state index contributed by atoms with van der Waals surface area (Å²) in [5, 5.41) is 8.36. The van der Waals surface area contributed by atoms with Gasteiger partial charge in [0.15, 0.2) is 0 Å². The van der Waals surface area contributed by atoms with Crippen LogP contribution in [0.3, 0.4) is 0 Å². The molecule has 1 amide bonds. The fourth-order valence-electron chi connectivity index (χ4n) is 2.47. The zero-order valence-corrected chi connectivity index (χ0v) is 12.1. The molecule has 3 rings (SSSR count). The number of hydrogen-bond donors (Lipinski definition) is 3. The molecule has 2 aromatic rings. The molecule has 1 unspecified atom stereocenters. The minimum atomic E-state index is 0.0307. The number of nitrogens with one attached hydrogen (secondary N) is 2. The van der Waals surface area contributed by atoms with Crippen molar-refractivity contribution in [1.29, 1.82) is 0 Å². The number of fused-ring (bicyclic) bond motifs is 1. The average Bonchev–Trinajstić information content (AvgIpc) is 2.98. The molecule has 0 fully saturated rings. The summed E-state index contributed by atoms with van der Waals surface area (Å²) in [7, 11) is 0. The Balaban J connectivity index is 1.74. The molecule has 1 atom stereocenters. The smallest absolute Gasteiger partial charge is 0.228 e. The molecule has 20 heavy (non-hydrogen) atoms. The van der Waals surface area contributed by atoms with Gasteiger partial charge >= 0.3 is 0 Å². The molecule has 4 N–H and O–H groups in total. The minimum absolute atomic E-state index is 0.0307. The molecule has 5 heteroatoms. The van der Waals surface area contributed by atoms with Gasteiger partial charge in [0.2, 0.25) is 5.91 Å². The van der Waals surface area contributed by atoms with Gasteiger partial charge in [0.05, 0.1) is 17.8 Å². The number of nitrogen functional groups attached to an aromatic ring is 1. The van der Waals surface area contributed by atoms with Crippen LogP contribution < -0.4 is 16.4 Å². The lowest BCUT2D eigenvalue weighted by molar-refractivity contribution is -0.115. The summed E-state index contributed by atoms with van der Waals surface area (Å²) in [6, 6.07) is 8.29. The van der Waals surface area contributed by atoms with Crippen LogP contribution in [0.5, 0.6) is 0 Å². The molecule has 0 aliphatic carbocycles. The molecule has 0 spiro atoms. The van der Waals surface area contributed by atoms with Crippen molar-refractivity contribution >= 4 is 34.3 Å². The molecular formula is C15H17N3OS. The first-order valence-electron chi connectivity index (χ1n) is 6.63. The van der Waals surface area contributed by atoms with Crippen molar-refractivity contribution in [3.8, 4) is 0 Å². The van der Waals surface area contributed by atoms with Gasteiger partial charge in [-0.05, 0) is 36.1 Å². The van der Waals surface area contributed by atoms with Crippen LogP contribution in [0.4, 0.5) is 17.1 Å². The summed E-state index contributed by atoms with van der Waals surface area (Å²) >= 11 is 1.76. The number of hydrogen-bond acceptors (Lipinski definition) is 4. The maximum atomic E-state index is 11.4. The van der Waals surface area contributed by atoms with Crippen LogP contribution in [0.25, 0.3) is 0 Å². The van der Waals surface area contributed by atoms with Gasteiger partial charge in [-0.15, -0.1) is 11.3 Å². The van der Waals surface area contributed by atoms with Crippen molar-refractivity contribution in [2.45, 2.75) is 25.8 Å². The summed E-state index contributed by atoms with van der Waals surface area (Å²) in [6.45, 7) is 2.13. The van der Waals surface area contributed by atoms with Gasteiger partial charge in [-0.3, -0.25) is 4.79 Å². The van der Waals surface area contributed by atoms with Crippen LogP contribution in [0.2, 0.25) is 0 Å². The van der Waals surface area contributed by atoms with E-state index >= 15 is 0 Å². The predicted molar refractivity (Wildman–Crippen MR) is 84.3 cm³/mol. The molecule has 0 saturated carbocycles. The van der Waals surface area contributed by atoms with Crippen molar-refractivity contribution < 1.29 is 4.79 Å². The lowest BCUT2D eigenvalue weighted by Crippen LogP contribution is -2.18. The Labute approximate surface area is 122 Å². The van der Waals surface area contributed by atoms with E-state index in [4.69, 9.17) is 5.73 Å². The number of rotatable bonds is 4. The van der Waals surface area contributed by atoms with Crippen molar-refractivity contribution in [3.05, 3.63) is 40.1 Å². The average molecular weight is 287 g/mol. The maximum absolute atomic E-state index is 11.4. The summed E-state index contributed by atoms with van der Waals surface area (Å²) in [4.78, 5) is 12.7. The molecule has 4 nitrogen and oxygen atoms in total. The Morgan fingerprint density at radius 3 is 3.10 bits per heavy atom. The molecular weight excluding hydrogens is 270 g/mol. The Morgan fingerprint density at radius 1 is 1.50 bits per heavy atom. The van der Waals surface area contributed by atoms with Crippen LogP contribution >= 0.6 is 11.3 Å². The number of thiophene rings is 1. The monoisotopic (exact) mass is 287 g/mol. The highest BCUT2D eigenvalue weighted by Gasteiger charge is 2.19. The van der Waals surface area contributed by atoms with Crippen LogP contribution in [0, 0.1) is 0 Å². The van der Waals surface area contributed by atoms with E-state index in [2.05, 4.69) is 35.1 Å². The van der Waals surface area contributed by atoms with Gasteiger partial charge in [-0.25, -0.2) is 0 Å². The van der Waals surface area contributed by atoms with E-state index in [0.29, 0.717) is 12.1 Å². The van der Waals surface area contributed by atoms with E-state index in [-0.39, 0.29) is 11.9 Å². The second-order valence-corrected chi connectivity index (χ2v) is 6.18. The zero-order chi connectivity index (χ0) is 14.1. The standard InChI is InChI=1S/C15H17N3OS/c1-9(5-11-3-2-4-20-11)17-14-8-13-10(6-12(14)16)7-15(19)18-13/h2-4,6,8-9,17H,5,7,16H2,1H3,(H,18,19). The van der Waals surface area contributed by atoms with Crippen molar-refractivity contribution in [2.24, 2.45) is 0 Å². The largest absolute Gasteiger partial charge is 0.397 e. The first kappa shape index (κ1) is 13.0. The molecule has 1 aliphatic rings. The molecule has 0 radical (unpaired) electrons. The van der Waals surface area contributed by atoms with Crippen LogP contribution in [-0.4, -0.2) is 11.9 Å².